The molecule has 1 amide bonds. The summed E-state index contributed by atoms with van der Waals surface area (Å²) < 4.78 is 30.1. The largest absolute Gasteiger partial charge is 0.466 e. The van der Waals surface area contributed by atoms with Crippen LogP contribution in [0.4, 0.5) is 0 Å². The Bertz CT molecular complexity index is 785. The summed E-state index contributed by atoms with van der Waals surface area (Å²) in [6.45, 7) is 6.16. The summed E-state index contributed by atoms with van der Waals surface area (Å²) in [5, 5.41) is 4.51. The number of carbonyl (C=O) groups excluding carboxylic acids is 2. The van der Waals surface area contributed by atoms with Crippen molar-refractivity contribution in [3.63, 3.8) is 0 Å². The normalized spacial score (nSPS) is 18.7. The molecule has 0 radical (unpaired) electrons. The molecule has 1 aromatic heterocycles. The summed E-state index contributed by atoms with van der Waals surface area (Å²) in [6.07, 6.45) is 0.731. The second kappa shape index (κ2) is 8.20. The van der Waals surface area contributed by atoms with E-state index >= 15 is 0 Å². The van der Waals surface area contributed by atoms with Gasteiger partial charge in [0.25, 0.3) is 0 Å². The first-order valence-electron chi connectivity index (χ1n) is 8.79. The number of hydrogen-bond acceptors (Lipinski definition) is 6. The molecule has 26 heavy (non-hydrogen) atoms. The van der Waals surface area contributed by atoms with Gasteiger partial charge in [0.1, 0.15) is 0 Å². The van der Waals surface area contributed by atoms with Crippen LogP contribution in [0.1, 0.15) is 49.2 Å². The van der Waals surface area contributed by atoms with Gasteiger partial charge in [-0.25, -0.2) is 8.42 Å². The van der Waals surface area contributed by atoms with Crippen molar-refractivity contribution >= 4 is 21.7 Å². The lowest BCUT2D eigenvalue weighted by Gasteiger charge is -2.18. The summed E-state index contributed by atoms with van der Waals surface area (Å²) >= 11 is 0. The van der Waals surface area contributed by atoms with Gasteiger partial charge in [-0.15, -0.1) is 0 Å². The number of hydrogen-bond donors (Lipinski definition) is 0. The number of amides is 1. The zero-order valence-corrected chi connectivity index (χ0v) is 16.6. The van der Waals surface area contributed by atoms with Crippen LogP contribution in [0.3, 0.4) is 0 Å². The van der Waals surface area contributed by atoms with Crippen molar-refractivity contribution in [3.8, 4) is 0 Å². The minimum Gasteiger partial charge on any atom is -0.466 e. The molecular weight excluding hydrogens is 358 g/mol. The minimum absolute atomic E-state index is 0.0637. The lowest BCUT2D eigenvalue weighted by Crippen LogP contribution is -2.27. The number of esters is 1. The van der Waals surface area contributed by atoms with Gasteiger partial charge in [-0.1, -0.05) is 0 Å². The second-order valence-corrected chi connectivity index (χ2v) is 8.93. The van der Waals surface area contributed by atoms with Crippen LogP contribution in [-0.2, 0) is 30.7 Å². The van der Waals surface area contributed by atoms with Crippen LogP contribution in [0.15, 0.2) is 0 Å². The van der Waals surface area contributed by atoms with Gasteiger partial charge in [-0.05, 0) is 27.2 Å². The molecule has 0 aliphatic carbocycles. The monoisotopic (exact) mass is 385 g/mol. The zero-order chi connectivity index (χ0) is 19.5. The third-order valence-corrected chi connectivity index (χ3v) is 6.45. The molecule has 1 aromatic rings. The first-order valence-corrected chi connectivity index (χ1v) is 10.6. The van der Waals surface area contributed by atoms with Crippen molar-refractivity contribution in [1.29, 1.82) is 0 Å². The van der Waals surface area contributed by atoms with E-state index in [1.54, 1.807) is 23.6 Å². The van der Waals surface area contributed by atoms with Gasteiger partial charge in [-0.2, -0.15) is 5.10 Å². The number of aryl methyl sites for hydroxylation is 1. The average molecular weight is 385 g/mol. The topological polar surface area (TPSA) is 98.6 Å². The molecule has 1 aliphatic rings. The van der Waals surface area contributed by atoms with E-state index in [0.29, 0.717) is 19.6 Å². The quantitative estimate of drug-likeness (QED) is 0.653. The fourth-order valence-corrected chi connectivity index (χ4v) is 4.90. The summed E-state index contributed by atoms with van der Waals surface area (Å²) in [6, 6.07) is -0.141. The maximum Gasteiger partial charge on any atom is 0.306 e. The van der Waals surface area contributed by atoms with Crippen LogP contribution in [0.2, 0.25) is 0 Å². The Morgan fingerprint density at radius 1 is 1.31 bits per heavy atom. The second-order valence-electron chi connectivity index (χ2n) is 6.71. The van der Waals surface area contributed by atoms with Crippen molar-refractivity contribution in [3.05, 3.63) is 17.0 Å². The van der Waals surface area contributed by atoms with E-state index in [2.05, 4.69) is 5.10 Å². The highest BCUT2D eigenvalue weighted by Crippen LogP contribution is 2.27. The SMILES string of the molecule is CCOC(=O)CCC(=O)N(C)Cc1c(C)nn([C@H]2CCS(=O)(=O)C2)c1C. The van der Waals surface area contributed by atoms with Crippen LogP contribution < -0.4 is 0 Å². The molecule has 0 spiro atoms. The Hall–Kier alpha value is -1.90. The average Bonchev–Trinajstić information content (AvgIpc) is 3.06. The standard InChI is InChI=1S/C17H27N3O5S/c1-5-25-17(22)7-6-16(21)19(4)10-15-12(2)18-20(13(15)3)14-8-9-26(23,24)11-14/h14H,5-11H2,1-4H3/t14-/m0/s1. The minimum atomic E-state index is -2.99. The fraction of sp³-hybridized carbons (Fsp3) is 0.706. The maximum atomic E-state index is 12.2. The maximum absolute atomic E-state index is 12.2. The van der Waals surface area contributed by atoms with Crippen LogP contribution in [0.25, 0.3) is 0 Å². The Morgan fingerprint density at radius 3 is 2.58 bits per heavy atom. The number of ether oxygens (including phenoxy) is 1. The molecule has 0 unspecified atom stereocenters. The van der Waals surface area contributed by atoms with Gasteiger partial charge in [0, 0.05) is 31.3 Å². The van der Waals surface area contributed by atoms with Crippen molar-refractivity contribution < 1.29 is 22.7 Å². The van der Waals surface area contributed by atoms with E-state index in [-0.39, 0.29) is 42.3 Å². The third kappa shape index (κ3) is 4.84. The molecule has 1 saturated heterocycles. The Balaban J connectivity index is 2.03. The third-order valence-electron chi connectivity index (χ3n) is 4.70. The van der Waals surface area contributed by atoms with E-state index in [4.69, 9.17) is 4.74 Å². The molecular formula is C17H27N3O5S. The van der Waals surface area contributed by atoms with Crippen LogP contribution in [0.5, 0.6) is 0 Å². The summed E-state index contributed by atoms with van der Waals surface area (Å²) in [5.41, 5.74) is 2.59. The summed E-state index contributed by atoms with van der Waals surface area (Å²) in [5.74, 6) is -0.217. The van der Waals surface area contributed by atoms with Gasteiger partial charge in [0.15, 0.2) is 9.84 Å². The molecule has 8 nitrogen and oxygen atoms in total. The van der Waals surface area contributed by atoms with E-state index in [9.17, 15) is 18.0 Å². The molecule has 0 aromatic carbocycles. The Labute approximate surface area is 154 Å². The molecule has 2 heterocycles. The molecule has 1 fully saturated rings. The Kier molecular flexibility index (Phi) is 6.44. The molecule has 0 N–H and O–H groups in total. The van der Waals surface area contributed by atoms with Crippen molar-refractivity contribution in [2.75, 3.05) is 25.2 Å². The summed E-state index contributed by atoms with van der Waals surface area (Å²) in [7, 11) is -1.31. The molecule has 1 aliphatic heterocycles. The Morgan fingerprint density at radius 2 is 2.00 bits per heavy atom. The van der Waals surface area contributed by atoms with Gasteiger partial charge >= 0.3 is 5.97 Å². The van der Waals surface area contributed by atoms with Gasteiger partial charge < -0.3 is 9.64 Å². The summed E-state index contributed by atoms with van der Waals surface area (Å²) in [4.78, 5) is 25.2. The number of rotatable bonds is 7. The number of aromatic nitrogens is 2. The predicted molar refractivity (Wildman–Crippen MR) is 96.3 cm³/mol. The van der Waals surface area contributed by atoms with Crippen LogP contribution in [0, 0.1) is 13.8 Å². The van der Waals surface area contributed by atoms with E-state index in [1.807, 2.05) is 13.8 Å². The lowest BCUT2D eigenvalue weighted by molar-refractivity contribution is -0.145. The van der Waals surface area contributed by atoms with Crippen molar-refractivity contribution in [2.24, 2.45) is 0 Å². The molecule has 2 rings (SSSR count). The highest BCUT2D eigenvalue weighted by molar-refractivity contribution is 7.91. The highest BCUT2D eigenvalue weighted by Gasteiger charge is 2.31. The van der Waals surface area contributed by atoms with Crippen LogP contribution >= 0.6 is 0 Å². The fourth-order valence-electron chi connectivity index (χ4n) is 3.21. The molecule has 146 valence electrons. The van der Waals surface area contributed by atoms with Gasteiger partial charge in [0.05, 0.1) is 36.3 Å². The highest BCUT2D eigenvalue weighted by atomic mass is 32.2. The lowest BCUT2D eigenvalue weighted by atomic mass is 10.1. The van der Waals surface area contributed by atoms with E-state index in [0.717, 1.165) is 17.0 Å². The molecule has 1 atom stereocenters. The first-order chi connectivity index (χ1) is 12.1. The zero-order valence-electron chi connectivity index (χ0n) is 15.8. The number of carbonyl (C=O) groups is 2. The molecule has 0 saturated carbocycles. The van der Waals surface area contributed by atoms with E-state index in [1.165, 1.54) is 0 Å². The first kappa shape index (κ1) is 20.4. The van der Waals surface area contributed by atoms with Gasteiger partial charge in [-0.3, -0.25) is 14.3 Å². The predicted octanol–water partition coefficient (Wildman–Crippen LogP) is 1.16. The number of sulfone groups is 1. The smallest absolute Gasteiger partial charge is 0.306 e. The van der Waals surface area contributed by atoms with Crippen molar-refractivity contribution in [2.45, 2.75) is 52.6 Å². The van der Waals surface area contributed by atoms with E-state index < -0.39 is 9.84 Å². The van der Waals surface area contributed by atoms with Gasteiger partial charge in [0.2, 0.25) is 5.91 Å². The number of nitrogens with zero attached hydrogens (tertiary/aromatic N) is 3. The van der Waals surface area contributed by atoms with Crippen LogP contribution in [-0.4, -0.2) is 60.1 Å². The molecule has 9 heteroatoms. The van der Waals surface area contributed by atoms with Crippen molar-refractivity contribution in [1.82, 2.24) is 14.7 Å². The molecule has 0 bridgehead atoms.